The molecule has 0 unspecified atom stereocenters. The number of hydrogen-bond acceptors (Lipinski definition) is 5. The van der Waals surface area contributed by atoms with Gasteiger partial charge >= 0.3 is 16.2 Å². The van der Waals surface area contributed by atoms with Gasteiger partial charge in [0, 0.05) is 0 Å². The van der Waals surface area contributed by atoms with Crippen molar-refractivity contribution in [3.8, 4) is 0 Å². The normalized spacial score (nSPS) is 10.8. The summed E-state index contributed by atoms with van der Waals surface area (Å²) >= 11 is 0. The number of carbonyl (C=O) groups excluding carboxylic acids is 1. The second-order valence-corrected chi connectivity index (χ2v) is 5.88. The van der Waals surface area contributed by atoms with E-state index in [1.54, 1.807) is 23.7 Å². The van der Waals surface area contributed by atoms with E-state index in [2.05, 4.69) is 9.02 Å². The molecule has 20 heavy (non-hydrogen) atoms. The fourth-order valence-corrected chi connectivity index (χ4v) is 1.90. The van der Waals surface area contributed by atoms with Crippen LogP contribution in [0.5, 0.6) is 0 Å². The van der Waals surface area contributed by atoms with Gasteiger partial charge in [0.15, 0.2) is 0 Å². The van der Waals surface area contributed by atoms with Crippen LogP contribution < -0.4 is 5.48 Å². The Labute approximate surface area is 118 Å². The lowest BCUT2D eigenvalue weighted by molar-refractivity contribution is 0.111. The highest BCUT2D eigenvalue weighted by atomic mass is 32.2. The smallest absolute Gasteiger partial charge is 0.432 e. The number of rotatable bonds is 5. The first-order valence-electron chi connectivity index (χ1n) is 5.87. The zero-order chi connectivity index (χ0) is 15.2. The maximum absolute atomic E-state index is 11.7. The molecule has 6 nitrogen and oxygen atoms in total. The van der Waals surface area contributed by atoms with Crippen molar-refractivity contribution >= 4 is 16.2 Å². The third-order valence-corrected chi connectivity index (χ3v) is 3.40. The van der Waals surface area contributed by atoms with E-state index in [1.165, 1.54) is 12.1 Å². The van der Waals surface area contributed by atoms with Crippen molar-refractivity contribution < 1.29 is 22.2 Å². The van der Waals surface area contributed by atoms with Gasteiger partial charge in [0.25, 0.3) is 0 Å². The first-order valence-corrected chi connectivity index (χ1v) is 7.28. The molecule has 0 saturated heterocycles. The Morgan fingerprint density at radius 3 is 2.40 bits per heavy atom. The second-order valence-electron chi connectivity index (χ2n) is 4.33. The summed E-state index contributed by atoms with van der Waals surface area (Å²) in [4.78, 5) is 11.2. The largest absolute Gasteiger partial charge is 0.444 e. The van der Waals surface area contributed by atoms with Gasteiger partial charge in [-0.2, -0.15) is 13.9 Å². The average molecular weight is 299 g/mol. The molecular formula is C13H17NO5S. The summed E-state index contributed by atoms with van der Waals surface area (Å²) in [6.07, 6.45) is 0.701. The molecule has 0 heterocycles. The molecule has 0 aliphatic carbocycles. The fraction of sp³-hybridized carbons (Fsp3) is 0.308. The Hall–Kier alpha value is -1.86. The number of amides is 1. The molecule has 0 spiro atoms. The van der Waals surface area contributed by atoms with E-state index in [-0.39, 0.29) is 11.5 Å². The van der Waals surface area contributed by atoms with Crippen LogP contribution in [0.3, 0.4) is 0 Å². The van der Waals surface area contributed by atoms with E-state index < -0.39 is 16.2 Å². The Bertz CT molecular complexity index is 586. The molecule has 0 atom stereocenters. The van der Waals surface area contributed by atoms with E-state index in [9.17, 15) is 13.2 Å². The first kappa shape index (κ1) is 16.2. The maximum Gasteiger partial charge on any atom is 0.432 e. The molecule has 1 aromatic carbocycles. The predicted octanol–water partition coefficient (Wildman–Crippen LogP) is 2.31. The van der Waals surface area contributed by atoms with Crippen LogP contribution in [0.25, 0.3) is 0 Å². The third kappa shape index (κ3) is 5.41. The van der Waals surface area contributed by atoms with Crippen molar-refractivity contribution in [2.45, 2.75) is 25.7 Å². The van der Waals surface area contributed by atoms with Crippen LogP contribution in [-0.2, 0) is 19.1 Å². The Morgan fingerprint density at radius 1 is 1.25 bits per heavy atom. The van der Waals surface area contributed by atoms with Gasteiger partial charge in [0.2, 0.25) is 0 Å². The molecule has 7 heteroatoms. The number of carbonyl (C=O) groups is 1. The first-order chi connectivity index (χ1) is 9.31. The molecule has 110 valence electrons. The molecule has 0 aliphatic rings. The van der Waals surface area contributed by atoms with Crippen molar-refractivity contribution in [1.82, 2.24) is 5.48 Å². The lowest BCUT2D eigenvalue weighted by Crippen LogP contribution is -2.28. The van der Waals surface area contributed by atoms with Crippen LogP contribution in [0.2, 0.25) is 0 Å². The minimum Gasteiger partial charge on any atom is -0.444 e. The van der Waals surface area contributed by atoms with Gasteiger partial charge in [-0.25, -0.2) is 4.79 Å². The molecule has 0 aromatic heterocycles. The van der Waals surface area contributed by atoms with Gasteiger partial charge in [-0.05, 0) is 39.0 Å². The number of aryl methyl sites for hydroxylation is 1. The lowest BCUT2D eigenvalue weighted by Gasteiger charge is -2.06. The molecule has 0 aliphatic heterocycles. The molecule has 0 fully saturated rings. The molecule has 0 radical (unpaired) electrons. The number of hydrogen-bond donors (Lipinski definition) is 1. The van der Waals surface area contributed by atoms with E-state index in [4.69, 9.17) is 0 Å². The number of nitrogens with one attached hydrogen (secondary N) is 1. The monoisotopic (exact) mass is 299 g/mol. The Balaban J connectivity index is 2.53. The van der Waals surface area contributed by atoms with Gasteiger partial charge in [-0.1, -0.05) is 23.3 Å². The zero-order valence-electron chi connectivity index (χ0n) is 11.5. The number of allylic oxidation sites excluding steroid dienone is 1. The number of hydroxylamine groups is 1. The van der Waals surface area contributed by atoms with Gasteiger partial charge in [-0.15, -0.1) is 4.28 Å². The van der Waals surface area contributed by atoms with Gasteiger partial charge in [-0.3, -0.25) is 0 Å². The topological polar surface area (TPSA) is 81.7 Å². The molecule has 1 rings (SSSR count). The van der Waals surface area contributed by atoms with Crippen molar-refractivity contribution in [2.75, 3.05) is 6.61 Å². The summed E-state index contributed by atoms with van der Waals surface area (Å²) in [5, 5.41) is 0. The summed E-state index contributed by atoms with van der Waals surface area (Å²) in [5.41, 5.74) is 3.62. The van der Waals surface area contributed by atoms with Crippen LogP contribution >= 0.6 is 0 Å². The maximum atomic E-state index is 11.7. The minimum atomic E-state index is -4.04. The van der Waals surface area contributed by atoms with Crippen LogP contribution in [-0.4, -0.2) is 21.1 Å². The average Bonchev–Trinajstić information content (AvgIpc) is 2.36. The number of ether oxygens (including phenoxy) is 1. The van der Waals surface area contributed by atoms with Crippen molar-refractivity contribution in [2.24, 2.45) is 0 Å². The summed E-state index contributed by atoms with van der Waals surface area (Å²) in [6, 6.07) is 6.04. The van der Waals surface area contributed by atoms with E-state index in [0.29, 0.717) is 0 Å². The SMILES string of the molecule is CC(C)=CCOC(=O)NOS(=O)(=O)c1ccc(C)cc1. The van der Waals surface area contributed by atoms with Crippen LogP contribution in [0.15, 0.2) is 40.8 Å². The molecule has 0 saturated carbocycles. The van der Waals surface area contributed by atoms with Gasteiger partial charge in [0.05, 0.1) is 4.90 Å². The summed E-state index contributed by atoms with van der Waals surface area (Å²) < 4.78 is 32.5. The molecule has 1 N–H and O–H groups in total. The summed E-state index contributed by atoms with van der Waals surface area (Å²) in [6.45, 7) is 5.57. The summed E-state index contributed by atoms with van der Waals surface area (Å²) in [7, 11) is -4.04. The third-order valence-electron chi connectivity index (χ3n) is 2.25. The van der Waals surface area contributed by atoms with Crippen molar-refractivity contribution in [3.63, 3.8) is 0 Å². The van der Waals surface area contributed by atoms with E-state index in [0.717, 1.165) is 11.1 Å². The van der Waals surface area contributed by atoms with Crippen molar-refractivity contribution in [3.05, 3.63) is 41.5 Å². The Kier molecular flexibility index (Phi) is 5.72. The standard InChI is InChI=1S/C13H17NO5S/c1-10(2)8-9-18-13(15)14-19-20(16,17)12-6-4-11(3)5-7-12/h4-8H,9H2,1-3H3,(H,14,15). The number of benzene rings is 1. The van der Waals surface area contributed by atoms with Crippen molar-refractivity contribution in [1.29, 1.82) is 0 Å². The molecule has 1 aromatic rings. The lowest BCUT2D eigenvalue weighted by atomic mass is 10.2. The molecule has 0 bridgehead atoms. The zero-order valence-corrected chi connectivity index (χ0v) is 12.4. The van der Waals surface area contributed by atoms with Crippen LogP contribution in [0.4, 0.5) is 4.79 Å². The minimum absolute atomic E-state index is 0.0438. The quantitative estimate of drug-likeness (QED) is 0.666. The van der Waals surface area contributed by atoms with Crippen LogP contribution in [0, 0.1) is 6.92 Å². The summed E-state index contributed by atoms with van der Waals surface area (Å²) in [5.74, 6) is 0. The molecular weight excluding hydrogens is 282 g/mol. The highest BCUT2D eigenvalue weighted by molar-refractivity contribution is 7.86. The molecule has 1 amide bonds. The highest BCUT2D eigenvalue weighted by Gasteiger charge is 2.17. The second kappa shape index (κ2) is 7.06. The van der Waals surface area contributed by atoms with E-state index >= 15 is 0 Å². The van der Waals surface area contributed by atoms with E-state index in [1.807, 2.05) is 20.8 Å². The predicted molar refractivity (Wildman–Crippen MR) is 73.4 cm³/mol. The van der Waals surface area contributed by atoms with Gasteiger partial charge in [0.1, 0.15) is 6.61 Å². The van der Waals surface area contributed by atoms with Crippen LogP contribution in [0.1, 0.15) is 19.4 Å². The highest BCUT2D eigenvalue weighted by Crippen LogP contribution is 2.12. The fourth-order valence-electron chi connectivity index (χ4n) is 1.16. The Morgan fingerprint density at radius 2 is 1.85 bits per heavy atom. The van der Waals surface area contributed by atoms with Gasteiger partial charge < -0.3 is 4.74 Å².